The lowest BCUT2D eigenvalue weighted by atomic mass is 9.86. The van der Waals surface area contributed by atoms with Gasteiger partial charge in [0.05, 0.1) is 0 Å². The molecule has 0 bridgehead atoms. The Morgan fingerprint density at radius 1 is 1.00 bits per heavy atom. The first-order valence-corrected chi connectivity index (χ1v) is 9.78. The van der Waals surface area contributed by atoms with Crippen LogP contribution in [-0.2, 0) is 12.1 Å². The molecule has 0 saturated carbocycles. The van der Waals surface area contributed by atoms with E-state index in [9.17, 15) is 9.90 Å². The average Bonchev–Trinajstić information content (AvgIpc) is 3.24. The fourth-order valence-corrected chi connectivity index (χ4v) is 3.90. The predicted octanol–water partition coefficient (Wildman–Crippen LogP) is 2.95. The highest BCUT2D eigenvalue weighted by Crippen LogP contribution is 2.34. The lowest BCUT2D eigenvalue weighted by Crippen LogP contribution is -2.38. The molecule has 0 radical (unpaired) electrons. The van der Waals surface area contributed by atoms with Crippen LogP contribution < -0.4 is 0 Å². The highest BCUT2D eigenvalue weighted by Gasteiger charge is 2.37. The standard InChI is InChI=1S/C22H24N4O3/c27-21(28)25-13-11-17(12-14-25)15-26-16-23-20(24-26)22(29,18-7-3-1-4-8-18)19-9-5-2-6-10-19/h1-10,16-17,29H,11-15H2,(H,27,28). The highest BCUT2D eigenvalue weighted by atomic mass is 16.4. The zero-order valence-electron chi connectivity index (χ0n) is 16.1. The Bertz CT molecular complexity index is 911. The molecule has 0 unspecified atom stereocenters. The number of likely N-dealkylation sites (tertiary alicyclic amines) is 1. The van der Waals surface area contributed by atoms with E-state index >= 15 is 0 Å². The number of hydrogen-bond donors (Lipinski definition) is 2. The number of carbonyl (C=O) groups is 1. The quantitative estimate of drug-likeness (QED) is 0.697. The lowest BCUT2D eigenvalue weighted by molar-refractivity contribution is 0.113. The SMILES string of the molecule is O=C(O)N1CCC(Cn2cnc(C(O)(c3ccccc3)c3ccccc3)n2)CC1. The van der Waals surface area contributed by atoms with Crippen molar-refractivity contribution in [3.8, 4) is 0 Å². The van der Waals surface area contributed by atoms with E-state index in [2.05, 4.69) is 10.1 Å². The maximum absolute atomic E-state index is 11.7. The summed E-state index contributed by atoms with van der Waals surface area (Å²) in [6.45, 7) is 1.74. The summed E-state index contributed by atoms with van der Waals surface area (Å²) in [5, 5.41) is 25.4. The third-order valence-electron chi connectivity index (χ3n) is 5.57. The molecule has 4 rings (SSSR count). The van der Waals surface area contributed by atoms with Gasteiger partial charge < -0.3 is 15.1 Å². The zero-order valence-corrected chi connectivity index (χ0v) is 16.1. The van der Waals surface area contributed by atoms with Crippen LogP contribution in [-0.4, -0.2) is 49.1 Å². The molecule has 1 fully saturated rings. The van der Waals surface area contributed by atoms with E-state index in [4.69, 9.17) is 5.11 Å². The first kappa shape index (κ1) is 19.1. The van der Waals surface area contributed by atoms with Crippen molar-refractivity contribution in [2.24, 2.45) is 5.92 Å². The Kier molecular flexibility index (Phi) is 5.31. The molecule has 1 aromatic heterocycles. The number of benzene rings is 2. The molecular weight excluding hydrogens is 368 g/mol. The molecule has 0 atom stereocenters. The number of rotatable bonds is 5. The predicted molar refractivity (Wildman–Crippen MR) is 107 cm³/mol. The average molecular weight is 392 g/mol. The molecule has 150 valence electrons. The van der Waals surface area contributed by atoms with Crippen LogP contribution in [0.5, 0.6) is 0 Å². The van der Waals surface area contributed by atoms with Crippen molar-refractivity contribution in [2.75, 3.05) is 13.1 Å². The third-order valence-corrected chi connectivity index (χ3v) is 5.57. The number of piperidine rings is 1. The van der Waals surface area contributed by atoms with E-state index in [1.165, 1.54) is 4.90 Å². The number of amides is 1. The molecule has 0 aliphatic carbocycles. The van der Waals surface area contributed by atoms with E-state index in [0.29, 0.717) is 42.5 Å². The molecule has 7 heteroatoms. The maximum Gasteiger partial charge on any atom is 0.407 e. The van der Waals surface area contributed by atoms with Crippen molar-refractivity contribution >= 4 is 6.09 Å². The second kappa shape index (κ2) is 8.05. The summed E-state index contributed by atoms with van der Waals surface area (Å²) >= 11 is 0. The first-order chi connectivity index (χ1) is 14.1. The van der Waals surface area contributed by atoms with E-state index < -0.39 is 11.7 Å². The van der Waals surface area contributed by atoms with E-state index in [1.54, 1.807) is 11.0 Å². The van der Waals surface area contributed by atoms with Gasteiger partial charge in [-0.15, -0.1) is 0 Å². The van der Waals surface area contributed by atoms with Crippen LogP contribution in [0.25, 0.3) is 0 Å². The van der Waals surface area contributed by atoms with Crippen molar-refractivity contribution in [1.29, 1.82) is 0 Å². The molecule has 2 aromatic carbocycles. The molecule has 2 N–H and O–H groups in total. The summed E-state index contributed by atoms with van der Waals surface area (Å²) < 4.78 is 1.76. The van der Waals surface area contributed by atoms with Crippen LogP contribution in [0.4, 0.5) is 4.79 Å². The summed E-state index contributed by atoms with van der Waals surface area (Å²) in [5.41, 5.74) is -0.0297. The topological polar surface area (TPSA) is 91.5 Å². The molecule has 7 nitrogen and oxygen atoms in total. The Balaban J connectivity index is 1.58. The maximum atomic E-state index is 11.7. The molecule has 2 heterocycles. The molecule has 29 heavy (non-hydrogen) atoms. The van der Waals surface area contributed by atoms with E-state index in [1.807, 2.05) is 60.7 Å². The lowest BCUT2D eigenvalue weighted by Gasteiger charge is -2.29. The summed E-state index contributed by atoms with van der Waals surface area (Å²) in [5.74, 6) is 0.666. The second-order valence-corrected chi connectivity index (χ2v) is 7.45. The van der Waals surface area contributed by atoms with Crippen molar-refractivity contribution in [1.82, 2.24) is 19.7 Å². The van der Waals surface area contributed by atoms with Crippen LogP contribution in [0, 0.1) is 5.92 Å². The van der Waals surface area contributed by atoms with Gasteiger partial charge in [0.15, 0.2) is 11.4 Å². The summed E-state index contributed by atoms with van der Waals surface area (Å²) in [4.78, 5) is 17.0. The van der Waals surface area contributed by atoms with Crippen LogP contribution in [0.3, 0.4) is 0 Å². The summed E-state index contributed by atoms with van der Waals surface area (Å²) in [6.07, 6.45) is 2.38. The van der Waals surface area contributed by atoms with Crippen molar-refractivity contribution in [3.63, 3.8) is 0 Å². The number of aliphatic hydroxyl groups is 1. The fourth-order valence-electron chi connectivity index (χ4n) is 3.90. The van der Waals surface area contributed by atoms with Crippen LogP contribution in [0.2, 0.25) is 0 Å². The summed E-state index contributed by atoms with van der Waals surface area (Å²) in [6, 6.07) is 18.8. The van der Waals surface area contributed by atoms with Crippen LogP contribution >= 0.6 is 0 Å². The Labute approximate surface area is 169 Å². The van der Waals surface area contributed by atoms with Gasteiger partial charge in [0.1, 0.15) is 6.33 Å². The molecule has 0 spiro atoms. The first-order valence-electron chi connectivity index (χ1n) is 9.78. The second-order valence-electron chi connectivity index (χ2n) is 7.45. The van der Waals surface area contributed by atoms with Gasteiger partial charge >= 0.3 is 6.09 Å². The van der Waals surface area contributed by atoms with Crippen molar-refractivity contribution < 1.29 is 15.0 Å². The molecule has 1 aliphatic heterocycles. The number of hydrogen-bond acceptors (Lipinski definition) is 4. The van der Waals surface area contributed by atoms with Gasteiger partial charge in [-0.2, -0.15) is 5.10 Å². The number of nitrogens with zero attached hydrogens (tertiary/aromatic N) is 4. The van der Waals surface area contributed by atoms with Gasteiger partial charge in [-0.25, -0.2) is 9.78 Å². The summed E-state index contributed by atoms with van der Waals surface area (Å²) in [7, 11) is 0. The smallest absolute Gasteiger partial charge is 0.407 e. The normalized spacial score (nSPS) is 15.4. The molecule has 3 aromatic rings. The minimum absolute atomic E-state index is 0.331. The molecule has 1 amide bonds. The number of carboxylic acid groups (broad SMARTS) is 1. The zero-order chi connectivity index (χ0) is 20.3. The van der Waals surface area contributed by atoms with Crippen molar-refractivity contribution in [2.45, 2.75) is 25.0 Å². The van der Waals surface area contributed by atoms with E-state index in [-0.39, 0.29) is 0 Å². The Morgan fingerprint density at radius 2 is 1.55 bits per heavy atom. The van der Waals surface area contributed by atoms with Gasteiger partial charge in [0, 0.05) is 19.6 Å². The molecule has 1 aliphatic rings. The minimum atomic E-state index is -1.44. The minimum Gasteiger partial charge on any atom is -0.465 e. The van der Waals surface area contributed by atoms with Crippen LogP contribution in [0.15, 0.2) is 67.0 Å². The Morgan fingerprint density at radius 3 is 2.07 bits per heavy atom. The Hall–Kier alpha value is -3.19. The van der Waals surface area contributed by atoms with Gasteiger partial charge in [-0.1, -0.05) is 60.7 Å². The van der Waals surface area contributed by atoms with Crippen molar-refractivity contribution in [3.05, 3.63) is 83.9 Å². The van der Waals surface area contributed by atoms with Gasteiger partial charge in [-0.05, 0) is 29.9 Å². The third kappa shape index (κ3) is 3.86. The largest absolute Gasteiger partial charge is 0.465 e. The van der Waals surface area contributed by atoms with Gasteiger partial charge in [-0.3, -0.25) is 4.68 Å². The molecular formula is C22H24N4O3. The fraction of sp³-hybridized carbons (Fsp3) is 0.318. The number of aromatic nitrogens is 3. The van der Waals surface area contributed by atoms with Crippen LogP contribution in [0.1, 0.15) is 29.8 Å². The highest BCUT2D eigenvalue weighted by molar-refractivity contribution is 5.64. The van der Waals surface area contributed by atoms with E-state index in [0.717, 1.165) is 12.8 Å². The van der Waals surface area contributed by atoms with Gasteiger partial charge in [0.2, 0.25) is 0 Å². The molecule has 1 saturated heterocycles. The monoisotopic (exact) mass is 392 g/mol. The van der Waals surface area contributed by atoms with Gasteiger partial charge in [0.25, 0.3) is 0 Å².